The number of nitrogens with one attached hydrogen (secondary N) is 1. The molecule has 18 rings (SSSR count). The lowest BCUT2D eigenvalue weighted by Crippen LogP contribution is -2.02. The van der Waals surface area contributed by atoms with Crippen LogP contribution >= 0.6 is 0 Å². The Balaban J connectivity index is -0.000000109. The average Bonchev–Trinajstić information content (AvgIpc) is 1.60. The minimum Gasteiger partial charge on any atom is -0.348 e. The first-order valence-corrected chi connectivity index (χ1v) is 50.8. The molecule has 18 aromatic rings. The van der Waals surface area contributed by atoms with E-state index in [0.717, 1.165) is 44.4 Å². The Bertz CT molecular complexity index is 5070. The Morgan fingerprint density at radius 2 is 0.612 bits per heavy atom. The highest BCUT2D eigenvalue weighted by atomic mass is 15.4. The van der Waals surface area contributed by atoms with Crippen LogP contribution in [0.3, 0.4) is 0 Å². The summed E-state index contributed by atoms with van der Waals surface area (Å²) >= 11 is 0. The lowest BCUT2D eigenvalue weighted by atomic mass is 10.0. The van der Waals surface area contributed by atoms with Gasteiger partial charge in [-0.15, -0.1) is 5.10 Å². The number of hydrogen-bond acceptors (Lipinski definition) is 12. The molecule has 0 aliphatic heterocycles. The number of imidazole rings is 4. The van der Waals surface area contributed by atoms with Gasteiger partial charge in [0.2, 0.25) is 0 Å². The fourth-order valence-electron chi connectivity index (χ4n) is 12.6. The molecule has 0 aliphatic carbocycles. The molecule has 20 heteroatoms. The average molecular weight is 2030 g/mol. The van der Waals surface area contributed by atoms with E-state index in [1.54, 1.807) is 31.4 Å². The molecule has 0 unspecified atom stereocenters. The zero-order valence-corrected chi connectivity index (χ0v) is 92.3. The molecule has 0 saturated carbocycles. The number of aromatic nitrogens is 20. The molecule has 1 N–H and O–H groups in total. The van der Waals surface area contributed by atoms with Crippen LogP contribution in [-0.4, -0.2) is 97.7 Å². The third-order valence-electron chi connectivity index (χ3n) is 18.6. The second-order valence-electron chi connectivity index (χ2n) is 30.6. The first kappa shape index (κ1) is 165. The van der Waals surface area contributed by atoms with Crippen molar-refractivity contribution < 1.29 is 0 Å². The monoisotopic (exact) mass is 2030 g/mol. The van der Waals surface area contributed by atoms with Gasteiger partial charge < -0.3 is 23.3 Å². The van der Waals surface area contributed by atoms with Crippen LogP contribution in [0.4, 0.5) is 0 Å². The summed E-state index contributed by atoms with van der Waals surface area (Å²) in [6.45, 7) is 87.0. The maximum atomic E-state index is 4.31. The molecule has 0 aliphatic rings. The first-order valence-electron chi connectivity index (χ1n) is 50.8. The van der Waals surface area contributed by atoms with Crippen molar-refractivity contribution in [1.82, 2.24) is 97.7 Å². The molecular weight excluding hydrogens is 1810 g/mol. The molecule has 11 aromatic heterocycles. The SMILES string of the molecule is C.C.C.C.C.C.C.C.C.C.C.CC.CC.CC.CC.CC.CC.CC.CC.CC.CC.CC.CC(C)c1ccccc1.CC(C)c1ccccn1.CC(C)c1cnc[nH]1.CC(C)n1c2ccccc2c2ccccc21.CC(C)n1cnc2ccccc21.CC(C)n1cnc2ccncc21.CC(C)n1cnc2cncnc21.CC(C)n1ncc2ccccc21.CC(C)n1ncc2ccccc21.CC(C)n1nnc2ccccc21. The summed E-state index contributed by atoms with van der Waals surface area (Å²) in [5.74, 6) is 1.77. The minimum atomic E-state index is 0. The number of nitrogens with zero attached hydrogens (tertiary/aromatic N) is 19. The molecule has 0 atom stereocenters. The maximum absolute atomic E-state index is 4.31. The van der Waals surface area contributed by atoms with Gasteiger partial charge in [-0.1, -0.05) is 414 Å². The van der Waals surface area contributed by atoms with E-state index in [4.69, 9.17) is 0 Å². The van der Waals surface area contributed by atoms with E-state index in [1.165, 1.54) is 60.4 Å². The van der Waals surface area contributed by atoms with E-state index >= 15 is 0 Å². The number of fused-ring (bicyclic) bond motifs is 9. The smallest absolute Gasteiger partial charge is 0.163 e. The fourth-order valence-corrected chi connectivity index (χ4v) is 12.6. The Hall–Kier alpha value is -12.3. The largest absolute Gasteiger partial charge is 0.348 e. The summed E-state index contributed by atoms with van der Waals surface area (Å²) < 4.78 is 14.7. The molecule has 0 spiro atoms. The predicted octanol–water partition coefficient (Wildman–Crippen LogP) is 42.5. The summed E-state index contributed by atoms with van der Waals surface area (Å²) in [6.07, 6.45) is 21.6. The van der Waals surface area contributed by atoms with E-state index < -0.39 is 0 Å². The summed E-state index contributed by atoms with van der Waals surface area (Å²) in [5.41, 5.74) is 17.1. The summed E-state index contributed by atoms with van der Waals surface area (Å²) in [5, 5.41) is 21.9. The second kappa shape index (κ2) is 99.6. The molecule has 0 saturated heterocycles. The van der Waals surface area contributed by atoms with Gasteiger partial charge in [0.25, 0.3) is 0 Å². The Morgan fingerprint density at radius 3 is 0.980 bits per heavy atom. The third kappa shape index (κ3) is 55.3. The molecule has 20 nitrogen and oxygen atoms in total. The number of aromatic amines is 1. The second-order valence-corrected chi connectivity index (χ2v) is 30.6. The van der Waals surface area contributed by atoms with Crippen LogP contribution < -0.4 is 0 Å². The normalized spacial score (nSPS) is 9.03. The summed E-state index contributed by atoms with van der Waals surface area (Å²) in [6, 6.07) is 71.5. The van der Waals surface area contributed by atoms with Crippen LogP contribution in [0.25, 0.3) is 87.9 Å². The quantitative estimate of drug-likeness (QED) is 0.136. The molecule has 0 fully saturated rings. The summed E-state index contributed by atoms with van der Waals surface area (Å²) in [4.78, 5) is 36.0. The number of benzene rings is 7. The zero-order valence-electron chi connectivity index (χ0n) is 92.3. The lowest BCUT2D eigenvalue weighted by Gasteiger charge is -2.10. The topological polar surface area (TPSA) is 205 Å². The molecule has 0 radical (unpaired) electrons. The van der Waals surface area contributed by atoms with Crippen LogP contribution in [0, 0.1) is 0 Å². The van der Waals surface area contributed by atoms with Crippen LogP contribution in [-0.2, 0) is 0 Å². The number of para-hydroxylation sites is 7. The van der Waals surface area contributed by atoms with Crippen molar-refractivity contribution in [2.24, 2.45) is 0 Å². The van der Waals surface area contributed by atoms with Crippen molar-refractivity contribution in [2.75, 3.05) is 0 Å². The Labute approximate surface area is 904 Å². The van der Waals surface area contributed by atoms with E-state index in [2.05, 4.69) is 321 Å². The van der Waals surface area contributed by atoms with Gasteiger partial charge in [-0.25, -0.2) is 34.6 Å². The molecule has 7 aromatic carbocycles. The van der Waals surface area contributed by atoms with Crippen molar-refractivity contribution >= 4 is 87.9 Å². The van der Waals surface area contributed by atoms with Gasteiger partial charge in [-0.3, -0.25) is 19.3 Å². The number of H-pyrrole nitrogens is 1. The predicted molar refractivity (Wildman–Crippen MR) is 672 cm³/mol. The number of hydrogen-bond donors (Lipinski definition) is 1. The molecular formula is C127H226N20. The Kier molecular flexibility index (Phi) is 112. The van der Waals surface area contributed by atoms with Gasteiger partial charge in [0, 0.05) is 105 Å². The van der Waals surface area contributed by atoms with Crippen LogP contribution in [0.15, 0.2) is 275 Å². The molecule has 0 amide bonds. The molecule has 147 heavy (non-hydrogen) atoms. The van der Waals surface area contributed by atoms with Gasteiger partial charge in [-0.05, 0) is 187 Å². The van der Waals surface area contributed by atoms with Crippen LogP contribution in [0.5, 0.6) is 0 Å². The zero-order chi connectivity index (χ0) is 104. The fraction of sp³-hybridized carbons (Fsp3) is 0.496. The van der Waals surface area contributed by atoms with E-state index in [-0.39, 0.29) is 81.7 Å². The first-order chi connectivity index (χ1) is 65.9. The Morgan fingerprint density at radius 1 is 0.245 bits per heavy atom. The highest BCUT2D eigenvalue weighted by Crippen LogP contribution is 2.32. The van der Waals surface area contributed by atoms with Crippen LogP contribution in [0.2, 0.25) is 0 Å². The maximum Gasteiger partial charge on any atom is 0.163 e. The van der Waals surface area contributed by atoms with Crippen molar-refractivity contribution in [3.05, 3.63) is 292 Å². The highest BCUT2D eigenvalue weighted by molar-refractivity contribution is 6.08. The minimum absolute atomic E-state index is 0. The number of rotatable bonds is 10. The molecule has 834 valence electrons. The van der Waals surface area contributed by atoms with Crippen molar-refractivity contribution in [3.63, 3.8) is 0 Å². The van der Waals surface area contributed by atoms with E-state index in [9.17, 15) is 0 Å². The van der Waals surface area contributed by atoms with Crippen molar-refractivity contribution in [2.45, 2.75) is 433 Å². The van der Waals surface area contributed by atoms with Gasteiger partial charge in [0.1, 0.15) is 17.4 Å². The van der Waals surface area contributed by atoms with Crippen molar-refractivity contribution in [3.8, 4) is 0 Å². The van der Waals surface area contributed by atoms with Crippen LogP contribution in [0.1, 0.15) is 449 Å². The lowest BCUT2D eigenvalue weighted by molar-refractivity contribution is 0.530. The van der Waals surface area contributed by atoms with E-state index in [0.29, 0.717) is 60.0 Å². The van der Waals surface area contributed by atoms with Gasteiger partial charge in [0.05, 0.1) is 88.7 Å². The molecule has 0 bridgehead atoms. The van der Waals surface area contributed by atoms with E-state index in [1.807, 2.05) is 312 Å². The van der Waals surface area contributed by atoms with Gasteiger partial charge in [0.15, 0.2) is 5.65 Å². The summed E-state index contributed by atoms with van der Waals surface area (Å²) in [7, 11) is 0. The third-order valence-corrected chi connectivity index (χ3v) is 18.6. The standard InChI is InChI=1S/C15H15N.3C10H12N2.2C9H11N3.C9H12.C8H10N4.C8H11N.C6H10N2.11C2H6.11CH4/c1-11(2)16-14-9-5-3-7-12(14)13-8-4-6-10-15(13)16;1-8(2)12-7-11-9-5-3-4-6-10(9)12;2*1-8(2)12-10-6-4-3-5-9(10)7-11-12;1-7(2)12-6-11-8-3-4-10-5-9(8)12;1-7(2)12-9-6-4-3-5-8(9)10-11-12;1-8(2)9-6-4-3-5-7-9;1-6(2)12-5-11-7-3-9-4-10-8(7)12;1-7(2)8-5-3-4-6-9-8;1-5(2)6-3-7-4-8-6;11*1-2;;;;;;;;;;;/h3-11H,1-2H3;3*3-8H,1-2H3;2*3-7H,1-2H3;3-8H,1-2H3;3-6H,1-2H3;3-7H,1-2H3;3-5H,1-2H3,(H,7,8);11*1-2H3;11*1H4. The van der Waals surface area contributed by atoms with Gasteiger partial charge in [-0.2, -0.15) is 10.2 Å². The highest BCUT2D eigenvalue weighted by Gasteiger charge is 2.13. The van der Waals surface area contributed by atoms with Crippen molar-refractivity contribution in [1.29, 1.82) is 0 Å². The number of pyridine rings is 2. The molecule has 11 heterocycles. The van der Waals surface area contributed by atoms with Gasteiger partial charge >= 0.3 is 0 Å².